The van der Waals surface area contributed by atoms with Crippen LogP contribution in [-0.4, -0.2) is 4.83 Å². The zero-order valence-corrected chi connectivity index (χ0v) is 10.7. The lowest BCUT2D eigenvalue weighted by Gasteiger charge is -2.06. The van der Waals surface area contributed by atoms with Crippen LogP contribution in [0.15, 0.2) is 24.3 Å². The van der Waals surface area contributed by atoms with E-state index in [1.54, 1.807) is 0 Å². The van der Waals surface area contributed by atoms with Gasteiger partial charge in [-0.3, -0.25) is 0 Å². The largest absolute Gasteiger partial charge is 0.0894 e. The predicted molar refractivity (Wildman–Crippen MR) is 67.1 cm³/mol. The highest BCUT2D eigenvalue weighted by molar-refractivity contribution is 9.09. The lowest BCUT2D eigenvalue weighted by Crippen LogP contribution is -1.93. The summed E-state index contributed by atoms with van der Waals surface area (Å²) in [7, 11) is 0. The van der Waals surface area contributed by atoms with Crippen molar-refractivity contribution in [1.29, 1.82) is 0 Å². The fourth-order valence-electron chi connectivity index (χ4n) is 1.63. The Bertz CT molecular complexity index is 266. The van der Waals surface area contributed by atoms with Gasteiger partial charge in [0, 0.05) is 4.83 Å². The van der Waals surface area contributed by atoms with Crippen LogP contribution in [0.1, 0.15) is 37.3 Å². The molecule has 0 nitrogen and oxygen atoms in total. The molecular weight excluding hydrogens is 236 g/mol. The zero-order valence-electron chi connectivity index (χ0n) is 9.09. The number of unbranched alkanes of at least 4 members (excludes halogenated alkanes) is 1. The maximum absolute atomic E-state index is 3.58. The molecule has 78 valence electrons. The van der Waals surface area contributed by atoms with Crippen molar-refractivity contribution in [2.24, 2.45) is 0 Å². The van der Waals surface area contributed by atoms with Crippen molar-refractivity contribution in [1.82, 2.24) is 0 Å². The van der Waals surface area contributed by atoms with Gasteiger partial charge in [-0.1, -0.05) is 53.5 Å². The summed E-state index contributed by atoms with van der Waals surface area (Å²) >= 11 is 3.58. The first-order valence-electron chi connectivity index (χ1n) is 5.38. The van der Waals surface area contributed by atoms with Gasteiger partial charge in [-0.25, -0.2) is 0 Å². The Morgan fingerprint density at radius 3 is 2.57 bits per heavy atom. The van der Waals surface area contributed by atoms with Crippen molar-refractivity contribution in [3.05, 3.63) is 35.4 Å². The Hall–Kier alpha value is -0.300. The van der Waals surface area contributed by atoms with Crippen molar-refractivity contribution in [2.45, 2.75) is 44.4 Å². The van der Waals surface area contributed by atoms with E-state index in [-0.39, 0.29) is 0 Å². The van der Waals surface area contributed by atoms with E-state index in [0.717, 1.165) is 0 Å². The minimum atomic E-state index is 0.666. The second kappa shape index (κ2) is 6.23. The summed E-state index contributed by atoms with van der Waals surface area (Å²) in [6.45, 7) is 4.41. The molecule has 0 aliphatic rings. The zero-order chi connectivity index (χ0) is 10.4. The molecule has 0 spiro atoms. The van der Waals surface area contributed by atoms with Crippen molar-refractivity contribution in [3.63, 3.8) is 0 Å². The Morgan fingerprint density at radius 1 is 1.21 bits per heavy atom. The van der Waals surface area contributed by atoms with Gasteiger partial charge in [-0.15, -0.1) is 0 Å². The maximum atomic E-state index is 3.58. The Balaban J connectivity index is 2.28. The molecule has 0 amide bonds. The summed E-state index contributed by atoms with van der Waals surface area (Å²) in [4.78, 5) is 0.666. The van der Waals surface area contributed by atoms with Gasteiger partial charge in [0.25, 0.3) is 0 Å². The third kappa shape index (κ3) is 4.28. The molecule has 1 rings (SSSR count). The summed E-state index contributed by atoms with van der Waals surface area (Å²) in [5.41, 5.74) is 2.94. The minimum absolute atomic E-state index is 0.666. The molecule has 0 saturated heterocycles. The molecule has 0 bridgehead atoms. The smallest absolute Gasteiger partial charge is 0.0117 e. The summed E-state index contributed by atoms with van der Waals surface area (Å²) in [5.74, 6) is 0. The van der Waals surface area contributed by atoms with Crippen LogP contribution < -0.4 is 0 Å². The van der Waals surface area contributed by atoms with Gasteiger partial charge in [0.15, 0.2) is 0 Å². The first-order chi connectivity index (χ1) is 6.70. The molecule has 1 aromatic carbocycles. The van der Waals surface area contributed by atoms with Crippen molar-refractivity contribution in [3.8, 4) is 0 Å². The fraction of sp³-hybridized carbons (Fsp3) is 0.538. The molecule has 0 heterocycles. The molecule has 0 fully saturated rings. The molecule has 14 heavy (non-hydrogen) atoms. The second-order valence-corrected chi connectivity index (χ2v) is 5.52. The predicted octanol–water partition coefficient (Wildman–Crippen LogP) is 4.49. The van der Waals surface area contributed by atoms with Crippen molar-refractivity contribution >= 4 is 15.9 Å². The maximum Gasteiger partial charge on any atom is 0.0117 e. The van der Waals surface area contributed by atoms with Gasteiger partial charge in [-0.2, -0.15) is 0 Å². The number of alkyl halides is 1. The van der Waals surface area contributed by atoms with Crippen LogP contribution in [-0.2, 0) is 6.42 Å². The van der Waals surface area contributed by atoms with Gasteiger partial charge in [0.1, 0.15) is 0 Å². The third-order valence-corrected chi connectivity index (χ3v) is 3.02. The molecule has 0 N–H and O–H groups in total. The van der Waals surface area contributed by atoms with Gasteiger partial charge < -0.3 is 0 Å². The van der Waals surface area contributed by atoms with Gasteiger partial charge in [-0.05, 0) is 37.3 Å². The molecule has 0 aliphatic heterocycles. The summed E-state index contributed by atoms with van der Waals surface area (Å²) in [6, 6.07) is 8.68. The third-order valence-electron chi connectivity index (χ3n) is 2.56. The number of aryl methyl sites for hydroxylation is 2. The Kier molecular flexibility index (Phi) is 5.24. The summed E-state index contributed by atoms with van der Waals surface area (Å²) < 4.78 is 0. The molecule has 0 aromatic heterocycles. The molecule has 0 aliphatic carbocycles. The van der Waals surface area contributed by atoms with Crippen LogP contribution in [0.4, 0.5) is 0 Å². The van der Waals surface area contributed by atoms with Crippen LogP contribution >= 0.6 is 15.9 Å². The SMILES string of the molecule is Cc1ccccc1CCCCC(C)Br. The first-order valence-corrected chi connectivity index (χ1v) is 6.30. The van der Waals surface area contributed by atoms with Gasteiger partial charge in [0.2, 0.25) is 0 Å². The molecule has 0 radical (unpaired) electrons. The highest BCUT2D eigenvalue weighted by Crippen LogP contribution is 2.14. The highest BCUT2D eigenvalue weighted by atomic mass is 79.9. The first kappa shape index (κ1) is 11.8. The van der Waals surface area contributed by atoms with E-state index in [1.165, 1.54) is 36.8 Å². The molecule has 1 aromatic rings. The minimum Gasteiger partial charge on any atom is -0.0894 e. The summed E-state index contributed by atoms with van der Waals surface area (Å²) in [6.07, 6.45) is 5.14. The monoisotopic (exact) mass is 254 g/mol. The molecule has 1 atom stereocenters. The lowest BCUT2D eigenvalue weighted by atomic mass is 10.0. The van der Waals surface area contributed by atoms with Gasteiger partial charge >= 0.3 is 0 Å². The molecule has 0 saturated carbocycles. The average molecular weight is 255 g/mol. The van der Waals surface area contributed by atoms with Crippen molar-refractivity contribution in [2.75, 3.05) is 0 Å². The molecule has 1 unspecified atom stereocenters. The lowest BCUT2D eigenvalue weighted by molar-refractivity contribution is 0.679. The molecular formula is C13H19Br. The van der Waals surface area contributed by atoms with E-state index in [4.69, 9.17) is 0 Å². The second-order valence-electron chi connectivity index (χ2n) is 3.95. The summed E-state index contributed by atoms with van der Waals surface area (Å²) in [5, 5.41) is 0. The number of benzene rings is 1. The number of hydrogen-bond donors (Lipinski definition) is 0. The number of hydrogen-bond acceptors (Lipinski definition) is 0. The van der Waals surface area contributed by atoms with E-state index >= 15 is 0 Å². The standard InChI is InChI=1S/C13H19Br/c1-11-7-3-5-9-13(11)10-6-4-8-12(2)14/h3,5,7,9,12H,4,6,8,10H2,1-2H3. The number of halogens is 1. The van der Waals surface area contributed by atoms with Gasteiger partial charge in [0.05, 0.1) is 0 Å². The van der Waals surface area contributed by atoms with Crippen molar-refractivity contribution < 1.29 is 0 Å². The Morgan fingerprint density at radius 2 is 1.93 bits per heavy atom. The van der Waals surface area contributed by atoms with Crippen LogP contribution in [0.5, 0.6) is 0 Å². The van der Waals surface area contributed by atoms with Crippen LogP contribution in [0.25, 0.3) is 0 Å². The van der Waals surface area contributed by atoms with E-state index in [0.29, 0.717) is 4.83 Å². The quantitative estimate of drug-likeness (QED) is 0.537. The normalized spacial score (nSPS) is 12.8. The van der Waals surface area contributed by atoms with E-state index in [2.05, 4.69) is 54.0 Å². The van der Waals surface area contributed by atoms with E-state index < -0.39 is 0 Å². The number of rotatable bonds is 5. The topological polar surface area (TPSA) is 0 Å². The van der Waals surface area contributed by atoms with E-state index in [1.807, 2.05) is 0 Å². The fourth-order valence-corrected chi connectivity index (χ4v) is 1.96. The molecule has 1 heteroatoms. The highest BCUT2D eigenvalue weighted by Gasteiger charge is 1.98. The average Bonchev–Trinajstić information content (AvgIpc) is 2.15. The van der Waals surface area contributed by atoms with E-state index in [9.17, 15) is 0 Å². The Labute approximate surface area is 95.9 Å². The van der Waals surface area contributed by atoms with Crippen LogP contribution in [0, 0.1) is 6.92 Å². The van der Waals surface area contributed by atoms with Crippen LogP contribution in [0.2, 0.25) is 0 Å². The van der Waals surface area contributed by atoms with Crippen LogP contribution in [0.3, 0.4) is 0 Å².